The van der Waals surface area contributed by atoms with Crippen molar-refractivity contribution < 1.29 is 23.0 Å². The zero-order valence-corrected chi connectivity index (χ0v) is 12.2. The topological polar surface area (TPSA) is 111 Å². The first-order valence-corrected chi connectivity index (χ1v) is 6.57. The molecule has 0 aliphatic rings. The van der Waals surface area contributed by atoms with Gasteiger partial charge >= 0.3 is 11.9 Å². The predicted molar refractivity (Wildman–Crippen MR) is 82.4 cm³/mol. The Kier molecular flexibility index (Phi) is 4.96. The van der Waals surface area contributed by atoms with E-state index in [9.17, 15) is 33.4 Å². The summed E-state index contributed by atoms with van der Waals surface area (Å²) in [5.74, 6) is 0. The van der Waals surface area contributed by atoms with Crippen LogP contribution < -0.4 is 5.43 Å². The molecule has 0 bridgehead atoms. The van der Waals surface area contributed by atoms with Crippen LogP contribution in [0.1, 0.15) is 11.1 Å². The number of halogens is 3. The third-order valence-electron chi connectivity index (χ3n) is 3.00. The summed E-state index contributed by atoms with van der Waals surface area (Å²) in [6.45, 7) is 0. The molecule has 1 N–H and O–H groups in total. The van der Waals surface area contributed by atoms with Crippen molar-refractivity contribution in [3.63, 3.8) is 0 Å². The monoisotopic (exact) mass is 354 g/mol. The van der Waals surface area contributed by atoms with Gasteiger partial charge in [0, 0.05) is 6.07 Å². The Bertz CT molecular complexity index is 852. The molecule has 0 aromatic heterocycles. The second kappa shape index (κ2) is 6.95. The van der Waals surface area contributed by atoms with Gasteiger partial charge in [-0.15, -0.1) is 0 Å². The number of nitro benzene ring substituents is 2. The summed E-state index contributed by atoms with van der Waals surface area (Å²) in [6.07, 6.45) is -3.46. The Balaban J connectivity index is 2.22. The highest BCUT2D eigenvalue weighted by Crippen LogP contribution is 2.30. The molecule has 0 saturated heterocycles. The summed E-state index contributed by atoms with van der Waals surface area (Å²) in [5, 5.41) is 25.2. The zero-order valence-electron chi connectivity index (χ0n) is 12.2. The fourth-order valence-electron chi connectivity index (χ4n) is 1.85. The van der Waals surface area contributed by atoms with Gasteiger partial charge in [-0.3, -0.25) is 25.7 Å². The minimum Gasteiger partial charge on any atom is -0.272 e. The first-order valence-electron chi connectivity index (χ1n) is 6.57. The highest BCUT2D eigenvalue weighted by molar-refractivity contribution is 5.81. The Morgan fingerprint density at radius 2 is 1.76 bits per heavy atom. The minimum absolute atomic E-state index is 0.117. The number of nitro groups is 2. The van der Waals surface area contributed by atoms with E-state index >= 15 is 0 Å². The highest BCUT2D eigenvalue weighted by atomic mass is 19.4. The molecule has 0 saturated carbocycles. The van der Waals surface area contributed by atoms with Gasteiger partial charge in [-0.1, -0.05) is 12.1 Å². The number of hydrazone groups is 1. The highest BCUT2D eigenvalue weighted by Gasteiger charge is 2.30. The number of hydrogen-bond acceptors (Lipinski definition) is 6. The zero-order chi connectivity index (χ0) is 18.6. The maximum absolute atomic E-state index is 12.6. The lowest BCUT2D eigenvalue weighted by atomic mass is 10.1. The normalized spacial score (nSPS) is 11.5. The van der Waals surface area contributed by atoms with Crippen LogP contribution in [0.5, 0.6) is 0 Å². The predicted octanol–water partition coefficient (Wildman–Crippen LogP) is 3.97. The average molecular weight is 354 g/mol. The molecule has 0 spiro atoms. The fourth-order valence-corrected chi connectivity index (χ4v) is 1.85. The van der Waals surface area contributed by atoms with Gasteiger partial charge in [-0.05, 0) is 23.8 Å². The first kappa shape index (κ1) is 17.8. The largest absolute Gasteiger partial charge is 0.416 e. The number of alkyl halides is 3. The van der Waals surface area contributed by atoms with E-state index in [4.69, 9.17) is 0 Å². The van der Waals surface area contributed by atoms with E-state index in [2.05, 4.69) is 10.5 Å². The maximum atomic E-state index is 12.6. The Morgan fingerprint density at radius 1 is 1.04 bits per heavy atom. The molecule has 2 rings (SSSR count). The summed E-state index contributed by atoms with van der Waals surface area (Å²) in [7, 11) is 0. The van der Waals surface area contributed by atoms with E-state index in [1.807, 2.05) is 0 Å². The van der Waals surface area contributed by atoms with Gasteiger partial charge < -0.3 is 0 Å². The number of non-ortho nitro benzene ring substituents is 1. The van der Waals surface area contributed by atoms with E-state index in [1.165, 1.54) is 12.1 Å². The molecular weight excluding hydrogens is 345 g/mol. The van der Waals surface area contributed by atoms with Crippen molar-refractivity contribution in [2.24, 2.45) is 5.10 Å². The molecule has 130 valence electrons. The Labute approximate surface area is 137 Å². The number of rotatable bonds is 5. The third-order valence-corrected chi connectivity index (χ3v) is 3.00. The van der Waals surface area contributed by atoms with E-state index in [-0.39, 0.29) is 11.3 Å². The number of nitrogens with zero attached hydrogens (tertiary/aromatic N) is 3. The van der Waals surface area contributed by atoms with Crippen LogP contribution >= 0.6 is 0 Å². The molecule has 0 radical (unpaired) electrons. The van der Waals surface area contributed by atoms with E-state index in [0.717, 1.165) is 36.5 Å². The van der Waals surface area contributed by atoms with E-state index in [1.54, 1.807) is 0 Å². The lowest BCUT2D eigenvalue weighted by Gasteiger charge is -2.06. The fraction of sp³-hybridized carbons (Fsp3) is 0.0714. The SMILES string of the molecule is O=[N+]([O-])c1ccc(NN=Cc2cccc(C(F)(F)F)c2)c([N+](=O)[O-])c1. The van der Waals surface area contributed by atoms with Gasteiger partial charge in [-0.2, -0.15) is 18.3 Å². The van der Waals surface area contributed by atoms with Crippen LogP contribution in [0.4, 0.5) is 30.2 Å². The van der Waals surface area contributed by atoms with Crippen molar-refractivity contribution in [3.05, 3.63) is 73.8 Å². The van der Waals surface area contributed by atoms with Crippen molar-refractivity contribution in [1.29, 1.82) is 0 Å². The van der Waals surface area contributed by atoms with Crippen LogP contribution in [-0.4, -0.2) is 16.1 Å². The van der Waals surface area contributed by atoms with E-state index < -0.39 is 33.0 Å². The third kappa shape index (κ3) is 4.50. The first-order chi connectivity index (χ1) is 11.7. The van der Waals surface area contributed by atoms with Crippen molar-refractivity contribution in [2.75, 3.05) is 5.43 Å². The number of benzene rings is 2. The molecular formula is C14H9F3N4O4. The smallest absolute Gasteiger partial charge is 0.272 e. The quantitative estimate of drug-likeness (QED) is 0.496. The molecule has 25 heavy (non-hydrogen) atoms. The molecule has 0 aliphatic heterocycles. The van der Waals surface area contributed by atoms with Crippen LogP contribution in [-0.2, 0) is 6.18 Å². The minimum atomic E-state index is -4.51. The van der Waals surface area contributed by atoms with Gasteiger partial charge in [0.25, 0.3) is 5.69 Å². The average Bonchev–Trinajstić information content (AvgIpc) is 2.54. The van der Waals surface area contributed by atoms with Crippen molar-refractivity contribution in [2.45, 2.75) is 6.18 Å². The molecule has 0 fully saturated rings. The number of anilines is 1. The van der Waals surface area contributed by atoms with E-state index in [0.29, 0.717) is 0 Å². The van der Waals surface area contributed by atoms with Crippen LogP contribution in [0, 0.1) is 20.2 Å². The maximum Gasteiger partial charge on any atom is 0.416 e. The molecule has 0 atom stereocenters. The standard InChI is InChI=1S/C14H9F3N4O4/c15-14(16,17)10-3-1-2-9(6-10)8-18-19-12-5-4-11(20(22)23)7-13(12)21(24)25/h1-8,19H. The van der Waals surface area contributed by atoms with Crippen LogP contribution in [0.15, 0.2) is 47.6 Å². The molecule has 2 aromatic carbocycles. The lowest BCUT2D eigenvalue weighted by molar-refractivity contribution is -0.393. The van der Waals surface area contributed by atoms with Crippen molar-refractivity contribution in [1.82, 2.24) is 0 Å². The van der Waals surface area contributed by atoms with Gasteiger partial charge in [0.1, 0.15) is 5.69 Å². The molecule has 0 unspecified atom stereocenters. The van der Waals surface area contributed by atoms with Crippen LogP contribution in [0.2, 0.25) is 0 Å². The van der Waals surface area contributed by atoms with Crippen LogP contribution in [0.3, 0.4) is 0 Å². The van der Waals surface area contributed by atoms with Crippen LogP contribution in [0.25, 0.3) is 0 Å². The number of nitrogens with one attached hydrogen (secondary N) is 1. The summed E-state index contributed by atoms with van der Waals surface area (Å²) >= 11 is 0. The summed E-state index contributed by atoms with van der Waals surface area (Å²) in [5.41, 5.74) is 0.345. The summed E-state index contributed by atoms with van der Waals surface area (Å²) < 4.78 is 37.8. The molecule has 0 heterocycles. The van der Waals surface area contributed by atoms with Crippen molar-refractivity contribution >= 4 is 23.3 Å². The van der Waals surface area contributed by atoms with Gasteiger partial charge in [0.2, 0.25) is 0 Å². The molecule has 2 aromatic rings. The van der Waals surface area contributed by atoms with Crippen molar-refractivity contribution in [3.8, 4) is 0 Å². The molecule has 0 amide bonds. The Morgan fingerprint density at radius 3 is 2.36 bits per heavy atom. The molecule has 11 heteroatoms. The van der Waals surface area contributed by atoms with Gasteiger partial charge in [0.05, 0.1) is 27.7 Å². The van der Waals surface area contributed by atoms with Gasteiger partial charge in [-0.25, -0.2) is 0 Å². The summed E-state index contributed by atoms with van der Waals surface area (Å²) in [4.78, 5) is 20.0. The second-order valence-electron chi connectivity index (χ2n) is 4.71. The van der Waals surface area contributed by atoms with Gasteiger partial charge in [0.15, 0.2) is 0 Å². The lowest BCUT2D eigenvalue weighted by Crippen LogP contribution is -2.05. The second-order valence-corrected chi connectivity index (χ2v) is 4.71. The molecule has 0 aliphatic carbocycles. The number of hydrogen-bond donors (Lipinski definition) is 1. The summed E-state index contributed by atoms with van der Waals surface area (Å²) in [6, 6.07) is 7.18. The molecule has 8 nitrogen and oxygen atoms in total. The Hall–Kier alpha value is -3.50.